The van der Waals surface area contributed by atoms with Crippen molar-refractivity contribution in [3.05, 3.63) is 64.5 Å². The molecule has 0 amide bonds. The first-order valence-electron chi connectivity index (χ1n) is 7.71. The second kappa shape index (κ2) is 5.86. The molecule has 3 heterocycles. The van der Waals surface area contributed by atoms with Crippen LogP contribution in [0.25, 0.3) is 21.9 Å². The fraction of sp³-hybridized carbons (Fsp3) is 0.111. The van der Waals surface area contributed by atoms with E-state index >= 15 is 0 Å². The molecule has 4 rings (SSSR count). The van der Waals surface area contributed by atoms with Gasteiger partial charge in [-0.2, -0.15) is 9.78 Å². The van der Waals surface area contributed by atoms with Gasteiger partial charge in [-0.15, -0.1) is 0 Å². The lowest BCUT2D eigenvalue weighted by molar-refractivity contribution is 0.415. The quantitative estimate of drug-likeness (QED) is 0.584. The Kier molecular flexibility index (Phi) is 3.53. The standard InChI is InChI=1S/C18H15N5O2/c1-11-21-16-14-8-13(25-2)5-6-15(14)22-17(16)18(24)23(11)20-10-12-4-3-7-19-9-12/h3-10,22H,1-2H3/b20-10+. The number of fused-ring (bicyclic) bond motifs is 3. The first-order chi connectivity index (χ1) is 12.2. The van der Waals surface area contributed by atoms with E-state index in [1.165, 1.54) is 4.68 Å². The van der Waals surface area contributed by atoms with Crippen LogP contribution in [0.1, 0.15) is 11.4 Å². The summed E-state index contributed by atoms with van der Waals surface area (Å²) < 4.78 is 6.54. The summed E-state index contributed by atoms with van der Waals surface area (Å²) in [7, 11) is 1.61. The third kappa shape index (κ3) is 2.55. The Morgan fingerprint density at radius 1 is 1.32 bits per heavy atom. The molecule has 3 aromatic heterocycles. The maximum Gasteiger partial charge on any atom is 0.298 e. The fourth-order valence-corrected chi connectivity index (χ4v) is 2.73. The summed E-state index contributed by atoms with van der Waals surface area (Å²) in [5.74, 6) is 1.22. The number of nitrogens with zero attached hydrogens (tertiary/aromatic N) is 4. The number of benzene rings is 1. The lowest BCUT2D eigenvalue weighted by Crippen LogP contribution is -2.20. The second-order valence-corrected chi connectivity index (χ2v) is 5.57. The molecule has 1 aromatic carbocycles. The van der Waals surface area contributed by atoms with Gasteiger partial charge in [-0.1, -0.05) is 6.07 Å². The van der Waals surface area contributed by atoms with E-state index in [1.807, 2.05) is 30.3 Å². The summed E-state index contributed by atoms with van der Waals surface area (Å²) in [5.41, 5.74) is 2.41. The highest BCUT2D eigenvalue weighted by atomic mass is 16.5. The molecule has 0 radical (unpaired) electrons. The molecule has 7 heteroatoms. The summed E-state index contributed by atoms with van der Waals surface area (Å²) in [5, 5.41) is 5.11. The molecule has 0 saturated carbocycles. The Morgan fingerprint density at radius 2 is 2.20 bits per heavy atom. The van der Waals surface area contributed by atoms with Gasteiger partial charge in [0.05, 0.1) is 13.3 Å². The van der Waals surface area contributed by atoms with E-state index in [-0.39, 0.29) is 5.56 Å². The number of hydrogen-bond acceptors (Lipinski definition) is 5. The van der Waals surface area contributed by atoms with Crippen LogP contribution in [0.2, 0.25) is 0 Å². The molecule has 0 bridgehead atoms. The SMILES string of the molecule is COc1ccc2[nH]c3c(=O)n(/N=C/c4cccnc4)c(C)nc3c2c1. The van der Waals surface area contributed by atoms with Crippen molar-refractivity contribution in [3.63, 3.8) is 0 Å². The Bertz CT molecular complexity index is 1160. The molecule has 0 atom stereocenters. The van der Waals surface area contributed by atoms with Crippen LogP contribution in [0.4, 0.5) is 0 Å². The molecule has 0 aliphatic rings. The van der Waals surface area contributed by atoms with Crippen molar-refractivity contribution in [2.75, 3.05) is 7.11 Å². The van der Waals surface area contributed by atoms with E-state index in [1.54, 1.807) is 32.6 Å². The summed E-state index contributed by atoms with van der Waals surface area (Å²) in [6, 6.07) is 9.24. The Labute approximate surface area is 142 Å². The van der Waals surface area contributed by atoms with Gasteiger partial charge in [-0.25, -0.2) is 4.98 Å². The molecule has 7 nitrogen and oxygen atoms in total. The number of ether oxygens (including phenoxy) is 1. The number of rotatable bonds is 3. The number of methoxy groups -OCH3 is 1. The molecule has 0 fully saturated rings. The van der Waals surface area contributed by atoms with Gasteiger partial charge >= 0.3 is 0 Å². The van der Waals surface area contributed by atoms with E-state index in [4.69, 9.17) is 4.74 Å². The Morgan fingerprint density at radius 3 is 2.96 bits per heavy atom. The lowest BCUT2D eigenvalue weighted by Gasteiger charge is -2.03. The summed E-state index contributed by atoms with van der Waals surface area (Å²) in [4.78, 5) is 24.5. The third-order valence-corrected chi connectivity index (χ3v) is 3.97. The molecule has 1 N–H and O–H groups in total. The number of aryl methyl sites for hydroxylation is 1. The van der Waals surface area contributed by atoms with E-state index < -0.39 is 0 Å². The molecule has 25 heavy (non-hydrogen) atoms. The van der Waals surface area contributed by atoms with Crippen molar-refractivity contribution >= 4 is 28.2 Å². The van der Waals surface area contributed by atoms with Crippen molar-refractivity contribution in [1.82, 2.24) is 19.6 Å². The zero-order valence-corrected chi connectivity index (χ0v) is 13.7. The number of nitrogens with one attached hydrogen (secondary N) is 1. The normalized spacial score (nSPS) is 11.6. The largest absolute Gasteiger partial charge is 0.497 e. The molecule has 0 unspecified atom stereocenters. The summed E-state index contributed by atoms with van der Waals surface area (Å²) in [6.45, 7) is 1.75. The second-order valence-electron chi connectivity index (χ2n) is 5.57. The average Bonchev–Trinajstić information content (AvgIpc) is 3.00. The maximum absolute atomic E-state index is 12.8. The van der Waals surface area contributed by atoms with E-state index in [0.717, 1.165) is 16.5 Å². The highest BCUT2D eigenvalue weighted by Crippen LogP contribution is 2.26. The monoisotopic (exact) mass is 333 g/mol. The van der Waals surface area contributed by atoms with Crippen molar-refractivity contribution < 1.29 is 4.74 Å². The summed E-state index contributed by atoms with van der Waals surface area (Å²) in [6.07, 6.45) is 4.94. The molecule has 0 aliphatic carbocycles. The van der Waals surface area contributed by atoms with Gasteiger partial charge in [-0.3, -0.25) is 9.78 Å². The Hall–Kier alpha value is -3.48. The number of H-pyrrole nitrogens is 1. The Balaban J connectivity index is 1.91. The maximum atomic E-state index is 12.8. The van der Waals surface area contributed by atoms with Gasteiger partial charge in [0.25, 0.3) is 5.56 Å². The zero-order valence-electron chi connectivity index (χ0n) is 13.7. The van der Waals surface area contributed by atoms with Gasteiger partial charge in [0, 0.05) is 28.9 Å². The molecular formula is C18H15N5O2. The van der Waals surface area contributed by atoms with Crippen molar-refractivity contribution in [2.45, 2.75) is 6.92 Å². The zero-order chi connectivity index (χ0) is 17.4. The van der Waals surface area contributed by atoms with Crippen LogP contribution in [0.3, 0.4) is 0 Å². The van der Waals surface area contributed by atoms with Gasteiger partial charge in [0.15, 0.2) is 0 Å². The highest BCUT2D eigenvalue weighted by Gasteiger charge is 2.13. The van der Waals surface area contributed by atoms with E-state index in [2.05, 4.69) is 20.1 Å². The van der Waals surface area contributed by atoms with Gasteiger partial charge in [0.2, 0.25) is 0 Å². The van der Waals surface area contributed by atoms with Gasteiger partial charge < -0.3 is 9.72 Å². The minimum Gasteiger partial charge on any atom is -0.497 e. The van der Waals surface area contributed by atoms with Crippen LogP contribution >= 0.6 is 0 Å². The molecule has 0 aliphatic heterocycles. The molecule has 124 valence electrons. The number of pyridine rings is 1. The number of aromatic amines is 1. The predicted octanol–water partition coefficient (Wildman–Crippen LogP) is 2.47. The van der Waals surface area contributed by atoms with Crippen molar-refractivity contribution in [1.29, 1.82) is 0 Å². The van der Waals surface area contributed by atoms with Crippen molar-refractivity contribution in [3.8, 4) is 5.75 Å². The van der Waals surface area contributed by atoms with E-state index in [0.29, 0.717) is 22.6 Å². The van der Waals surface area contributed by atoms with Crippen LogP contribution in [0, 0.1) is 6.92 Å². The number of hydrogen-bond donors (Lipinski definition) is 1. The van der Waals surface area contributed by atoms with Crippen LogP contribution in [-0.2, 0) is 0 Å². The minimum atomic E-state index is -0.252. The fourth-order valence-electron chi connectivity index (χ4n) is 2.73. The molecular weight excluding hydrogens is 318 g/mol. The van der Waals surface area contributed by atoms with Crippen LogP contribution in [-0.4, -0.2) is 33.0 Å². The topological polar surface area (TPSA) is 85.2 Å². The van der Waals surface area contributed by atoms with Crippen LogP contribution in [0.5, 0.6) is 5.75 Å². The van der Waals surface area contributed by atoms with Crippen molar-refractivity contribution in [2.24, 2.45) is 5.10 Å². The first-order valence-corrected chi connectivity index (χ1v) is 7.71. The average molecular weight is 333 g/mol. The van der Waals surface area contributed by atoms with Gasteiger partial charge in [-0.05, 0) is 31.2 Å². The number of aromatic nitrogens is 4. The van der Waals surface area contributed by atoms with Crippen LogP contribution < -0.4 is 10.3 Å². The molecule has 0 spiro atoms. The minimum absolute atomic E-state index is 0.252. The van der Waals surface area contributed by atoms with E-state index in [9.17, 15) is 4.79 Å². The highest BCUT2D eigenvalue weighted by molar-refractivity contribution is 6.05. The predicted molar refractivity (Wildman–Crippen MR) is 96.4 cm³/mol. The molecule has 0 saturated heterocycles. The van der Waals surface area contributed by atoms with Gasteiger partial charge in [0.1, 0.15) is 22.6 Å². The lowest BCUT2D eigenvalue weighted by atomic mass is 10.2. The summed E-state index contributed by atoms with van der Waals surface area (Å²) >= 11 is 0. The third-order valence-electron chi connectivity index (χ3n) is 3.97. The smallest absolute Gasteiger partial charge is 0.298 e. The van der Waals surface area contributed by atoms with Crippen LogP contribution in [0.15, 0.2) is 52.6 Å². The first kappa shape index (κ1) is 15.1. The molecule has 4 aromatic rings.